The first-order valence-corrected chi connectivity index (χ1v) is 38.9. The summed E-state index contributed by atoms with van der Waals surface area (Å²) in [5.74, 6) is -0.402. The van der Waals surface area contributed by atoms with E-state index in [9.17, 15) is 52.8 Å². The van der Waals surface area contributed by atoms with Crippen LogP contribution in [0.25, 0.3) is 43.4 Å². The number of benzene rings is 8. The molecule has 27 nitrogen and oxygen atoms in total. The topological polar surface area (TPSA) is 357 Å². The molecule has 4 saturated heterocycles. The number of sulfonamides is 4. The van der Waals surface area contributed by atoms with Gasteiger partial charge in [-0.3, -0.25) is 36.4 Å². The molecule has 0 unspecified atom stereocenters. The predicted molar refractivity (Wildman–Crippen MR) is 387 cm³/mol. The molecule has 16 rings (SSSR count). The average molecular weight is 1460 g/mol. The van der Waals surface area contributed by atoms with Gasteiger partial charge >= 0.3 is 0 Å². The normalized spacial score (nSPS) is 16.2. The number of nitrogens with one attached hydrogen (secondary N) is 4. The lowest BCUT2D eigenvalue weighted by Crippen LogP contribution is -2.25. The number of hydrogen-bond acceptors (Lipinski definition) is 20. The van der Waals surface area contributed by atoms with Crippen molar-refractivity contribution < 1.29 is 66.2 Å². The Hall–Kier alpha value is -11.1. The van der Waals surface area contributed by atoms with Gasteiger partial charge in [-0.2, -0.15) is 0 Å². The van der Waals surface area contributed by atoms with Gasteiger partial charge < -0.3 is 34.6 Å². The summed E-state index contributed by atoms with van der Waals surface area (Å²) in [6.07, 6.45) is 5.19. The molecular weight excluding hydrogens is 1400 g/mol. The van der Waals surface area contributed by atoms with Crippen molar-refractivity contribution >= 4 is 164 Å². The molecule has 4 aliphatic rings. The molecule has 0 aliphatic carbocycles. The minimum atomic E-state index is -3.22. The molecule has 0 bridgehead atoms. The van der Waals surface area contributed by atoms with Crippen LogP contribution >= 0.6 is 11.3 Å². The van der Waals surface area contributed by atoms with E-state index in [2.05, 4.69) is 41.4 Å². The highest BCUT2D eigenvalue weighted by atomic mass is 32.2. The summed E-state index contributed by atoms with van der Waals surface area (Å²) in [5, 5.41) is 16.0. The second kappa shape index (κ2) is 28.7. The highest BCUT2D eigenvalue weighted by Gasteiger charge is 2.32. The second-order valence-corrected chi connectivity index (χ2v) is 32.5. The lowest BCUT2D eigenvalue weighted by molar-refractivity contribution is 0.101. The summed E-state index contributed by atoms with van der Waals surface area (Å²) >= 11 is 1.55. The van der Waals surface area contributed by atoms with E-state index >= 15 is 0 Å². The van der Waals surface area contributed by atoms with Crippen LogP contribution in [0.4, 0.5) is 45.5 Å². The van der Waals surface area contributed by atoms with E-state index in [0.29, 0.717) is 147 Å². The Morgan fingerprint density at radius 1 is 0.386 bits per heavy atom. The van der Waals surface area contributed by atoms with Crippen LogP contribution in [0.2, 0.25) is 0 Å². The van der Waals surface area contributed by atoms with E-state index < -0.39 is 40.1 Å². The van der Waals surface area contributed by atoms with Crippen LogP contribution in [0.5, 0.6) is 0 Å². The first kappa shape index (κ1) is 68.5. The maximum atomic E-state index is 12.5. The molecule has 4 aromatic heterocycles. The molecule has 8 aromatic carbocycles. The first-order chi connectivity index (χ1) is 48.5. The van der Waals surface area contributed by atoms with Crippen LogP contribution in [0.3, 0.4) is 0 Å². The van der Waals surface area contributed by atoms with Crippen LogP contribution in [-0.4, -0.2) is 127 Å². The zero-order chi connectivity index (χ0) is 70.6. The van der Waals surface area contributed by atoms with Gasteiger partial charge in [-0.1, -0.05) is 5.16 Å². The Morgan fingerprint density at radius 2 is 0.743 bits per heavy atom. The van der Waals surface area contributed by atoms with E-state index in [-0.39, 0.29) is 46.6 Å². The predicted octanol–water partition coefficient (Wildman–Crippen LogP) is 11.3. The molecule has 0 saturated carbocycles. The van der Waals surface area contributed by atoms with Crippen LogP contribution in [0.1, 0.15) is 72.8 Å². The molecule has 0 spiro atoms. The Kier molecular flexibility index (Phi) is 19.4. The number of aryl methyl sites for hydroxylation is 1. The average Bonchev–Trinajstić information content (AvgIpc) is 1.74. The summed E-state index contributed by atoms with van der Waals surface area (Å²) in [5.41, 5.74) is 13.3. The quantitative estimate of drug-likeness (QED) is 0.0882. The molecule has 101 heavy (non-hydrogen) atoms. The number of nitrogens with zero attached hydrogens (tertiary/aromatic N) is 8. The molecule has 4 fully saturated rings. The van der Waals surface area contributed by atoms with E-state index in [1.165, 1.54) is 30.0 Å². The number of fused-ring (bicyclic) bond motifs is 4. The van der Waals surface area contributed by atoms with Crippen LogP contribution in [0.15, 0.2) is 202 Å². The highest BCUT2D eigenvalue weighted by molar-refractivity contribution is 7.94. The standard InChI is InChI=1S/C18H17N3O4S.2C17H15N3O4S.C17H15N3O3S2/c1-12-16-11-14(5-8-17(16)25-20-12)19-18(22)13-3-6-15(7-4-13)21-9-2-10-26(21,23)24;21-17(19-13-4-7-16-15(10-13)18-11-24-16)12-2-5-14(6-3-12)20-8-1-9-25(20,22)23;21-17(19-13-4-7-15-16(10-13)24-11-18-15)12-2-5-14(6-3-12)20-8-1-9-25(20,22)23;21-17(19-13-4-7-16-15(10-13)18-11-24-16)12-2-5-14(6-3-12)20-8-1-9-25(20,22)23/h3-8,11H,2,9-10H2,1H3,(H,19,22);3*2-7,10-11H,1,8-9H2,(H,19,21). The maximum Gasteiger partial charge on any atom is 0.255 e. The summed E-state index contributed by atoms with van der Waals surface area (Å²) in [6.45, 7) is 3.76. The van der Waals surface area contributed by atoms with Crippen molar-refractivity contribution in [2.45, 2.75) is 32.6 Å². The number of rotatable bonds is 12. The third-order valence-corrected chi connectivity index (χ3v) is 25.0. The van der Waals surface area contributed by atoms with Crippen LogP contribution < -0.4 is 38.5 Å². The van der Waals surface area contributed by atoms with Gasteiger partial charge in [0.05, 0.1) is 67.2 Å². The lowest BCUT2D eigenvalue weighted by Gasteiger charge is -2.17. The number of carbonyl (C=O) groups excluding carboxylic acids is 4. The second-order valence-electron chi connectivity index (χ2n) is 23.6. The number of amides is 4. The fraction of sp³-hybridized carbons (Fsp3) is 0.188. The SMILES string of the molecule is Cc1noc2ccc(NC(=O)c3ccc(N4CCCS4(=O)=O)cc3)cc12.O=C(Nc1ccc2ncoc2c1)c1ccc(N2CCCS2(=O)=O)cc1.O=C(Nc1ccc2ocnc2c1)c1ccc(N2CCCS2(=O)=O)cc1.O=C(Nc1ccc2scnc2c1)c1ccc(N2CCCS2(=O)=O)cc1. The summed E-state index contributed by atoms with van der Waals surface area (Å²) in [7, 11) is -12.9. The summed E-state index contributed by atoms with van der Waals surface area (Å²) in [6, 6.07) is 47.5. The number of carbonyl (C=O) groups is 4. The number of thiazole rings is 1. The van der Waals surface area contributed by atoms with Gasteiger partial charge in [0.2, 0.25) is 40.1 Å². The minimum absolute atomic E-state index is 0.166. The molecule has 12 aromatic rings. The number of anilines is 8. The maximum absolute atomic E-state index is 12.5. The molecule has 0 atom stereocenters. The van der Waals surface area contributed by atoms with E-state index in [1.54, 1.807) is 162 Å². The Morgan fingerprint density at radius 3 is 1.16 bits per heavy atom. The third-order valence-electron chi connectivity index (χ3n) is 16.7. The van der Waals surface area contributed by atoms with Crippen molar-refractivity contribution in [3.8, 4) is 0 Å². The van der Waals surface area contributed by atoms with Gasteiger partial charge in [0.25, 0.3) is 23.6 Å². The molecule has 518 valence electrons. The molecule has 4 amide bonds. The van der Waals surface area contributed by atoms with E-state index in [0.717, 1.165) is 21.3 Å². The Labute approximate surface area is 583 Å². The Balaban J connectivity index is 0.000000120. The monoisotopic (exact) mass is 1460 g/mol. The molecule has 8 heterocycles. The summed E-state index contributed by atoms with van der Waals surface area (Å²) < 4.78 is 118. The molecule has 4 aliphatic heterocycles. The van der Waals surface area contributed by atoms with E-state index in [4.69, 9.17) is 13.4 Å². The van der Waals surface area contributed by atoms with Gasteiger partial charge in [0, 0.05) is 82.6 Å². The number of oxazole rings is 2. The zero-order valence-electron chi connectivity index (χ0n) is 53.6. The highest BCUT2D eigenvalue weighted by Crippen LogP contribution is 2.31. The largest absolute Gasteiger partial charge is 0.443 e. The van der Waals surface area contributed by atoms with Crippen molar-refractivity contribution in [2.24, 2.45) is 0 Å². The van der Waals surface area contributed by atoms with Gasteiger partial charge in [0.15, 0.2) is 29.5 Å². The van der Waals surface area contributed by atoms with Crippen molar-refractivity contribution in [1.29, 1.82) is 0 Å². The molecular formula is C69H62N12O15S5. The van der Waals surface area contributed by atoms with Gasteiger partial charge in [-0.15, -0.1) is 11.3 Å². The number of hydrogen-bond donors (Lipinski definition) is 4. The smallest absolute Gasteiger partial charge is 0.255 e. The van der Waals surface area contributed by atoms with Gasteiger partial charge in [0.1, 0.15) is 11.0 Å². The first-order valence-electron chi connectivity index (χ1n) is 31.6. The number of aromatic nitrogens is 4. The molecule has 0 radical (unpaired) electrons. The van der Waals surface area contributed by atoms with Crippen molar-refractivity contribution in [2.75, 3.05) is 87.7 Å². The fourth-order valence-corrected chi connectivity index (χ4v) is 18.5. The van der Waals surface area contributed by atoms with Crippen LogP contribution in [0, 0.1) is 6.92 Å². The van der Waals surface area contributed by atoms with Crippen LogP contribution in [-0.2, 0) is 40.1 Å². The van der Waals surface area contributed by atoms with Crippen molar-refractivity contribution in [3.63, 3.8) is 0 Å². The minimum Gasteiger partial charge on any atom is -0.443 e. The van der Waals surface area contributed by atoms with Gasteiger partial charge in [-0.05, 0) is 196 Å². The van der Waals surface area contributed by atoms with Crippen molar-refractivity contribution in [3.05, 3.63) is 216 Å². The molecule has 32 heteroatoms. The third kappa shape index (κ3) is 15.5. The lowest BCUT2D eigenvalue weighted by atomic mass is 10.1. The van der Waals surface area contributed by atoms with Crippen molar-refractivity contribution in [1.82, 2.24) is 20.1 Å². The van der Waals surface area contributed by atoms with E-state index in [1.807, 2.05) is 31.2 Å². The Bertz CT molecular complexity index is 5190. The molecule has 4 N–H and O–H groups in total. The summed E-state index contributed by atoms with van der Waals surface area (Å²) in [4.78, 5) is 61.9. The van der Waals surface area contributed by atoms with Gasteiger partial charge in [-0.25, -0.2) is 48.6 Å². The fourth-order valence-electron chi connectivity index (χ4n) is 11.6. The zero-order valence-corrected chi connectivity index (χ0v) is 57.7.